The number of nitrogens with two attached hydrogens (primary N) is 1. The van der Waals surface area contributed by atoms with Crippen molar-refractivity contribution in [3.05, 3.63) is 11.8 Å². The van der Waals surface area contributed by atoms with E-state index in [0.717, 1.165) is 17.8 Å². The number of nitrogen functional groups attached to an aromatic ring is 1. The fourth-order valence-corrected chi connectivity index (χ4v) is 1.25. The van der Waals surface area contributed by atoms with Crippen molar-refractivity contribution >= 4 is 11.8 Å². The zero-order valence-electron chi connectivity index (χ0n) is 9.70. The standard InChI is InChI=1S/C10H19N5O/c1-3-8(16)4-5-12-9-7(2)6-13-10(14-9)15-11/h6,8,16H,3-5,11H2,1-2H3,(H2,12,13,14,15). The van der Waals surface area contributed by atoms with Crippen molar-refractivity contribution in [1.82, 2.24) is 9.97 Å². The van der Waals surface area contributed by atoms with Gasteiger partial charge in [0.05, 0.1) is 6.10 Å². The van der Waals surface area contributed by atoms with Crippen LogP contribution in [0.5, 0.6) is 0 Å². The van der Waals surface area contributed by atoms with Gasteiger partial charge in [0.15, 0.2) is 0 Å². The molecule has 90 valence electrons. The summed E-state index contributed by atoms with van der Waals surface area (Å²) in [5.74, 6) is 6.35. The van der Waals surface area contributed by atoms with E-state index in [-0.39, 0.29) is 6.10 Å². The minimum Gasteiger partial charge on any atom is -0.393 e. The number of hydrogen-bond acceptors (Lipinski definition) is 6. The molecule has 6 nitrogen and oxygen atoms in total. The average molecular weight is 225 g/mol. The number of hydrogen-bond donors (Lipinski definition) is 4. The van der Waals surface area contributed by atoms with Crippen LogP contribution >= 0.6 is 0 Å². The van der Waals surface area contributed by atoms with Gasteiger partial charge in [-0.15, -0.1) is 0 Å². The maximum absolute atomic E-state index is 9.40. The third-order valence-corrected chi connectivity index (χ3v) is 2.34. The number of hydrazine groups is 1. The Labute approximate surface area is 95.3 Å². The molecule has 1 aromatic heterocycles. The smallest absolute Gasteiger partial charge is 0.239 e. The second-order valence-corrected chi connectivity index (χ2v) is 3.65. The number of aromatic nitrogens is 2. The highest BCUT2D eigenvalue weighted by Crippen LogP contribution is 2.12. The monoisotopic (exact) mass is 225 g/mol. The molecule has 0 fully saturated rings. The zero-order valence-corrected chi connectivity index (χ0v) is 9.70. The van der Waals surface area contributed by atoms with Crippen molar-refractivity contribution in [1.29, 1.82) is 0 Å². The molecule has 1 unspecified atom stereocenters. The van der Waals surface area contributed by atoms with Crippen LogP contribution in [0.3, 0.4) is 0 Å². The van der Waals surface area contributed by atoms with Gasteiger partial charge < -0.3 is 10.4 Å². The lowest BCUT2D eigenvalue weighted by atomic mass is 10.2. The Balaban J connectivity index is 2.52. The number of nitrogens with one attached hydrogen (secondary N) is 2. The third kappa shape index (κ3) is 3.63. The van der Waals surface area contributed by atoms with Crippen LogP contribution in [0.1, 0.15) is 25.3 Å². The maximum atomic E-state index is 9.40. The number of nitrogens with zero attached hydrogens (tertiary/aromatic N) is 2. The largest absolute Gasteiger partial charge is 0.393 e. The van der Waals surface area contributed by atoms with E-state index < -0.39 is 0 Å². The van der Waals surface area contributed by atoms with E-state index in [4.69, 9.17) is 5.84 Å². The first-order valence-electron chi connectivity index (χ1n) is 5.39. The van der Waals surface area contributed by atoms with Crippen LogP contribution < -0.4 is 16.6 Å². The Morgan fingerprint density at radius 1 is 1.56 bits per heavy atom. The summed E-state index contributed by atoms with van der Waals surface area (Å²) in [7, 11) is 0. The third-order valence-electron chi connectivity index (χ3n) is 2.34. The van der Waals surface area contributed by atoms with E-state index in [0.29, 0.717) is 18.9 Å². The lowest BCUT2D eigenvalue weighted by molar-refractivity contribution is 0.164. The van der Waals surface area contributed by atoms with E-state index in [1.54, 1.807) is 6.20 Å². The Morgan fingerprint density at radius 3 is 2.94 bits per heavy atom. The fourth-order valence-electron chi connectivity index (χ4n) is 1.25. The van der Waals surface area contributed by atoms with E-state index in [1.165, 1.54) is 0 Å². The topological polar surface area (TPSA) is 96.1 Å². The van der Waals surface area contributed by atoms with Crippen LogP contribution in [0.4, 0.5) is 11.8 Å². The van der Waals surface area contributed by atoms with E-state index in [1.807, 2.05) is 13.8 Å². The molecular weight excluding hydrogens is 206 g/mol. The summed E-state index contributed by atoms with van der Waals surface area (Å²) in [6.07, 6.45) is 2.90. The normalized spacial score (nSPS) is 12.2. The Kier molecular flexibility index (Phi) is 4.94. The Bertz CT molecular complexity index is 331. The molecule has 0 aliphatic carbocycles. The molecule has 0 spiro atoms. The minimum atomic E-state index is -0.262. The summed E-state index contributed by atoms with van der Waals surface area (Å²) in [6.45, 7) is 4.55. The number of aliphatic hydroxyl groups excluding tert-OH is 1. The van der Waals surface area contributed by atoms with Gasteiger partial charge in [-0.25, -0.2) is 10.8 Å². The number of aryl methyl sites for hydroxylation is 1. The van der Waals surface area contributed by atoms with Crippen LogP contribution in [-0.4, -0.2) is 27.7 Å². The van der Waals surface area contributed by atoms with Gasteiger partial charge in [0, 0.05) is 18.3 Å². The second-order valence-electron chi connectivity index (χ2n) is 3.65. The van der Waals surface area contributed by atoms with Crippen molar-refractivity contribution in [3.8, 4) is 0 Å². The highest BCUT2D eigenvalue weighted by Gasteiger charge is 2.04. The molecule has 0 radical (unpaired) electrons. The molecule has 5 N–H and O–H groups in total. The molecule has 1 atom stereocenters. The highest BCUT2D eigenvalue weighted by atomic mass is 16.3. The first kappa shape index (κ1) is 12.7. The van der Waals surface area contributed by atoms with Crippen molar-refractivity contribution < 1.29 is 5.11 Å². The van der Waals surface area contributed by atoms with Gasteiger partial charge in [-0.05, 0) is 19.8 Å². The number of anilines is 2. The number of aliphatic hydroxyl groups is 1. The van der Waals surface area contributed by atoms with Crippen molar-refractivity contribution in [2.24, 2.45) is 5.84 Å². The summed E-state index contributed by atoms with van der Waals surface area (Å²) in [5, 5.41) is 12.5. The van der Waals surface area contributed by atoms with Crippen LogP contribution in [0.25, 0.3) is 0 Å². The van der Waals surface area contributed by atoms with Gasteiger partial charge in [0.1, 0.15) is 5.82 Å². The highest BCUT2D eigenvalue weighted by molar-refractivity contribution is 5.45. The van der Waals surface area contributed by atoms with Crippen LogP contribution in [0.15, 0.2) is 6.20 Å². The predicted octanol–water partition coefficient (Wildman–Crippen LogP) is 0.644. The molecule has 0 saturated carbocycles. The Hall–Kier alpha value is -1.40. The van der Waals surface area contributed by atoms with Crippen molar-refractivity contribution in [2.45, 2.75) is 32.8 Å². The van der Waals surface area contributed by atoms with E-state index >= 15 is 0 Å². The van der Waals surface area contributed by atoms with Gasteiger partial charge in [0.2, 0.25) is 5.95 Å². The summed E-state index contributed by atoms with van der Waals surface area (Å²) in [4.78, 5) is 8.15. The molecule has 16 heavy (non-hydrogen) atoms. The quantitative estimate of drug-likeness (QED) is 0.419. The lowest BCUT2D eigenvalue weighted by Crippen LogP contribution is -2.15. The summed E-state index contributed by atoms with van der Waals surface area (Å²) in [5.41, 5.74) is 3.34. The van der Waals surface area contributed by atoms with Gasteiger partial charge >= 0.3 is 0 Å². The van der Waals surface area contributed by atoms with Crippen molar-refractivity contribution in [2.75, 3.05) is 17.3 Å². The van der Waals surface area contributed by atoms with Gasteiger partial charge in [-0.1, -0.05) is 6.92 Å². The molecule has 6 heteroatoms. The molecule has 1 aromatic rings. The number of rotatable bonds is 6. The van der Waals surface area contributed by atoms with Gasteiger partial charge in [-0.2, -0.15) is 4.98 Å². The molecular formula is C10H19N5O. The molecule has 0 bridgehead atoms. The average Bonchev–Trinajstić information content (AvgIpc) is 2.31. The first-order chi connectivity index (χ1) is 7.67. The maximum Gasteiger partial charge on any atom is 0.239 e. The van der Waals surface area contributed by atoms with Crippen LogP contribution in [-0.2, 0) is 0 Å². The zero-order chi connectivity index (χ0) is 12.0. The van der Waals surface area contributed by atoms with Gasteiger partial charge in [-0.3, -0.25) is 5.43 Å². The summed E-state index contributed by atoms with van der Waals surface area (Å²) < 4.78 is 0. The molecule has 0 saturated heterocycles. The van der Waals surface area contributed by atoms with Crippen LogP contribution in [0, 0.1) is 6.92 Å². The lowest BCUT2D eigenvalue weighted by Gasteiger charge is -2.11. The second kappa shape index (κ2) is 6.24. The molecule has 0 aliphatic rings. The molecule has 0 aromatic carbocycles. The van der Waals surface area contributed by atoms with Gasteiger partial charge in [0.25, 0.3) is 0 Å². The van der Waals surface area contributed by atoms with E-state index in [9.17, 15) is 5.11 Å². The predicted molar refractivity (Wildman–Crippen MR) is 64.0 cm³/mol. The first-order valence-corrected chi connectivity index (χ1v) is 5.39. The van der Waals surface area contributed by atoms with Crippen LogP contribution in [0.2, 0.25) is 0 Å². The summed E-state index contributed by atoms with van der Waals surface area (Å²) >= 11 is 0. The molecule has 0 aliphatic heterocycles. The van der Waals surface area contributed by atoms with Crippen molar-refractivity contribution in [3.63, 3.8) is 0 Å². The minimum absolute atomic E-state index is 0.262. The Morgan fingerprint density at radius 2 is 2.31 bits per heavy atom. The molecule has 1 heterocycles. The van der Waals surface area contributed by atoms with E-state index in [2.05, 4.69) is 20.7 Å². The molecule has 1 rings (SSSR count). The SMILES string of the molecule is CCC(O)CCNc1nc(NN)ncc1C. The summed E-state index contributed by atoms with van der Waals surface area (Å²) in [6, 6.07) is 0. The fraction of sp³-hybridized carbons (Fsp3) is 0.600. The molecule has 0 amide bonds.